The van der Waals surface area contributed by atoms with Crippen LogP contribution in [0.2, 0.25) is 0 Å². The molecule has 0 bridgehead atoms. The Balaban J connectivity index is 1.41. The molecule has 1 aliphatic heterocycles. The molecule has 1 aliphatic rings. The molecule has 3 aromatic rings. The van der Waals surface area contributed by atoms with E-state index in [4.69, 9.17) is 14.6 Å². The summed E-state index contributed by atoms with van der Waals surface area (Å²) in [5.41, 5.74) is 2.38. The molecule has 140 valence electrons. The Morgan fingerprint density at radius 3 is 2.96 bits per heavy atom. The number of aliphatic hydroxyl groups excluding tert-OH is 1. The van der Waals surface area contributed by atoms with Crippen molar-refractivity contribution in [2.24, 2.45) is 0 Å². The van der Waals surface area contributed by atoms with Gasteiger partial charge in [0.15, 0.2) is 0 Å². The van der Waals surface area contributed by atoms with Crippen LogP contribution in [0.4, 0.5) is 0 Å². The quantitative estimate of drug-likeness (QED) is 0.603. The third kappa shape index (κ3) is 4.47. The largest absolute Gasteiger partial charge is 0.485 e. The predicted molar refractivity (Wildman–Crippen MR) is 106 cm³/mol. The Morgan fingerprint density at radius 1 is 1.22 bits per heavy atom. The number of aryl methyl sites for hydroxylation is 1. The topological polar surface area (TPSA) is 63.6 Å². The number of hydrogen-bond acceptors (Lipinski definition) is 6. The summed E-state index contributed by atoms with van der Waals surface area (Å²) in [5, 5.41) is 12.6. The van der Waals surface area contributed by atoms with Crippen molar-refractivity contribution in [1.82, 2.24) is 10.3 Å². The number of benzene rings is 2. The van der Waals surface area contributed by atoms with Gasteiger partial charge in [-0.15, -0.1) is 0 Å². The molecule has 0 radical (unpaired) electrons. The zero-order valence-electron chi connectivity index (χ0n) is 14.9. The Bertz CT molecular complexity index is 882. The standard InChI is InChI=1S/C21H22N2O3S/c24-11-10-22-13-18-14-23-21(27-18)25-17-7-9-20-16(12-17)6-8-19(26-20)15-4-2-1-3-5-15/h1-5,7,9,12,14,19,22,24H,6,8,10-11,13H2. The van der Waals surface area contributed by atoms with Crippen molar-refractivity contribution >= 4 is 11.3 Å². The average molecular weight is 382 g/mol. The lowest BCUT2D eigenvalue weighted by molar-refractivity contribution is 0.176. The van der Waals surface area contributed by atoms with Crippen LogP contribution in [0, 0.1) is 0 Å². The fourth-order valence-electron chi connectivity index (χ4n) is 3.14. The van der Waals surface area contributed by atoms with E-state index in [9.17, 15) is 0 Å². The monoisotopic (exact) mass is 382 g/mol. The van der Waals surface area contributed by atoms with Gasteiger partial charge < -0.3 is 19.9 Å². The first-order valence-corrected chi connectivity index (χ1v) is 9.92. The highest BCUT2D eigenvalue weighted by molar-refractivity contribution is 7.13. The molecule has 2 aromatic carbocycles. The summed E-state index contributed by atoms with van der Waals surface area (Å²) < 4.78 is 12.1. The highest BCUT2D eigenvalue weighted by Gasteiger charge is 2.21. The van der Waals surface area contributed by atoms with Gasteiger partial charge in [0.1, 0.15) is 17.6 Å². The van der Waals surface area contributed by atoms with E-state index in [1.165, 1.54) is 22.5 Å². The number of aromatic nitrogens is 1. The van der Waals surface area contributed by atoms with Crippen LogP contribution in [-0.4, -0.2) is 23.2 Å². The van der Waals surface area contributed by atoms with Crippen LogP contribution in [0.25, 0.3) is 0 Å². The van der Waals surface area contributed by atoms with Gasteiger partial charge in [-0.05, 0) is 42.2 Å². The van der Waals surface area contributed by atoms with Gasteiger partial charge in [-0.25, -0.2) is 4.98 Å². The van der Waals surface area contributed by atoms with Crippen LogP contribution in [0.5, 0.6) is 16.7 Å². The molecule has 0 amide bonds. The smallest absolute Gasteiger partial charge is 0.278 e. The van der Waals surface area contributed by atoms with Crippen molar-refractivity contribution in [1.29, 1.82) is 0 Å². The first-order chi connectivity index (χ1) is 13.3. The second-order valence-corrected chi connectivity index (χ2v) is 7.50. The molecule has 1 aromatic heterocycles. The second-order valence-electron chi connectivity index (χ2n) is 6.42. The van der Waals surface area contributed by atoms with Crippen molar-refractivity contribution in [3.8, 4) is 16.7 Å². The molecule has 2 N–H and O–H groups in total. The first-order valence-electron chi connectivity index (χ1n) is 9.10. The lowest BCUT2D eigenvalue weighted by atomic mass is 9.97. The predicted octanol–water partition coefficient (Wildman–Crippen LogP) is 4.08. The number of nitrogens with one attached hydrogen (secondary N) is 1. The molecule has 27 heavy (non-hydrogen) atoms. The summed E-state index contributed by atoms with van der Waals surface area (Å²) in [6, 6.07) is 16.3. The summed E-state index contributed by atoms with van der Waals surface area (Å²) in [7, 11) is 0. The van der Waals surface area contributed by atoms with Crippen LogP contribution in [-0.2, 0) is 13.0 Å². The molecule has 5 nitrogen and oxygen atoms in total. The average Bonchev–Trinajstić information content (AvgIpc) is 3.15. The Labute approximate surface area is 162 Å². The number of fused-ring (bicyclic) bond motifs is 1. The fraction of sp³-hybridized carbons (Fsp3) is 0.286. The van der Waals surface area contributed by atoms with Gasteiger partial charge in [0.2, 0.25) is 0 Å². The zero-order valence-corrected chi connectivity index (χ0v) is 15.7. The molecule has 0 saturated heterocycles. The number of thiazole rings is 1. The van der Waals surface area contributed by atoms with Gasteiger partial charge in [0, 0.05) is 24.2 Å². The molecule has 1 unspecified atom stereocenters. The van der Waals surface area contributed by atoms with Crippen molar-refractivity contribution in [2.45, 2.75) is 25.5 Å². The van der Waals surface area contributed by atoms with E-state index in [1.807, 2.05) is 36.4 Å². The third-order valence-electron chi connectivity index (χ3n) is 4.47. The SMILES string of the molecule is OCCNCc1cnc(Oc2ccc3c(c2)CCC(c2ccccc2)O3)s1. The Kier molecular flexibility index (Phi) is 5.67. The minimum atomic E-state index is 0.110. The van der Waals surface area contributed by atoms with Crippen LogP contribution in [0.15, 0.2) is 54.7 Å². The lowest BCUT2D eigenvalue weighted by Crippen LogP contribution is -2.16. The maximum absolute atomic E-state index is 8.81. The van der Waals surface area contributed by atoms with Crippen LogP contribution < -0.4 is 14.8 Å². The molecule has 0 saturated carbocycles. The van der Waals surface area contributed by atoms with Crippen LogP contribution in [0.1, 0.15) is 28.5 Å². The molecule has 6 heteroatoms. The minimum Gasteiger partial charge on any atom is -0.485 e. The number of rotatable bonds is 7. The number of nitrogens with zero attached hydrogens (tertiary/aromatic N) is 1. The van der Waals surface area contributed by atoms with Gasteiger partial charge in [0.25, 0.3) is 5.19 Å². The molecular weight excluding hydrogens is 360 g/mol. The second kappa shape index (κ2) is 8.52. The van der Waals surface area contributed by atoms with Crippen molar-refractivity contribution in [2.75, 3.05) is 13.2 Å². The van der Waals surface area contributed by atoms with E-state index in [-0.39, 0.29) is 12.7 Å². The molecular formula is C21H22N2O3S. The molecule has 2 heterocycles. The van der Waals surface area contributed by atoms with E-state index in [0.29, 0.717) is 18.3 Å². The van der Waals surface area contributed by atoms with Crippen molar-refractivity contribution in [3.05, 3.63) is 70.7 Å². The molecule has 4 rings (SSSR count). The highest BCUT2D eigenvalue weighted by atomic mass is 32.1. The highest BCUT2D eigenvalue weighted by Crippen LogP contribution is 2.37. The Hall–Kier alpha value is -2.41. The van der Waals surface area contributed by atoms with Gasteiger partial charge in [0.05, 0.1) is 6.61 Å². The number of aliphatic hydroxyl groups is 1. The van der Waals surface area contributed by atoms with Gasteiger partial charge in [-0.1, -0.05) is 41.7 Å². The molecule has 0 fully saturated rings. The van der Waals surface area contributed by atoms with E-state index in [2.05, 4.69) is 22.4 Å². The first kappa shape index (κ1) is 18.0. The number of hydrogen-bond donors (Lipinski definition) is 2. The van der Waals surface area contributed by atoms with Crippen LogP contribution in [0.3, 0.4) is 0 Å². The lowest BCUT2D eigenvalue weighted by Gasteiger charge is -2.26. The number of ether oxygens (including phenoxy) is 2. The summed E-state index contributed by atoms with van der Waals surface area (Å²) >= 11 is 1.50. The van der Waals surface area contributed by atoms with Crippen LogP contribution >= 0.6 is 11.3 Å². The van der Waals surface area contributed by atoms with E-state index in [0.717, 1.165) is 29.2 Å². The maximum atomic E-state index is 8.81. The van der Waals surface area contributed by atoms with Crippen molar-refractivity contribution < 1.29 is 14.6 Å². The third-order valence-corrected chi connectivity index (χ3v) is 5.35. The van der Waals surface area contributed by atoms with E-state index >= 15 is 0 Å². The van der Waals surface area contributed by atoms with Gasteiger partial charge >= 0.3 is 0 Å². The Morgan fingerprint density at radius 2 is 2.11 bits per heavy atom. The fourth-order valence-corrected chi connectivity index (χ4v) is 3.89. The maximum Gasteiger partial charge on any atom is 0.278 e. The molecule has 0 aliphatic carbocycles. The summed E-state index contributed by atoms with van der Waals surface area (Å²) in [6.45, 7) is 1.38. The summed E-state index contributed by atoms with van der Waals surface area (Å²) in [5.74, 6) is 1.70. The van der Waals surface area contributed by atoms with E-state index < -0.39 is 0 Å². The van der Waals surface area contributed by atoms with E-state index in [1.54, 1.807) is 6.20 Å². The van der Waals surface area contributed by atoms with Gasteiger partial charge in [-0.3, -0.25) is 0 Å². The summed E-state index contributed by atoms with van der Waals surface area (Å²) in [6.07, 6.45) is 3.83. The zero-order chi connectivity index (χ0) is 18.5. The minimum absolute atomic E-state index is 0.110. The van der Waals surface area contributed by atoms with Gasteiger partial charge in [-0.2, -0.15) is 0 Å². The normalized spacial score (nSPS) is 15.8. The summed E-state index contributed by atoms with van der Waals surface area (Å²) in [4.78, 5) is 5.39. The molecule has 1 atom stereocenters. The molecule has 0 spiro atoms. The van der Waals surface area contributed by atoms with Crippen molar-refractivity contribution in [3.63, 3.8) is 0 Å².